The summed E-state index contributed by atoms with van der Waals surface area (Å²) in [5, 5.41) is 3.05. The van der Waals surface area contributed by atoms with E-state index in [0.29, 0.717) is 12.5 Å². The van der Waals surface area contributed by atoms with Crippen LogP contribution in [-0.4, -0.2) is 58.4 Å². The summed E-state index contributed by atoms with van der Waals surface area (Å²) in [5.41, 5.74) is 6.74. The summed E-state index contributed by atoms with van der Waals surface area (Å²) in [6, 6.07) is 7.56. The zero-order valence-corrected chi connectivity index (χ0v) is 15.9. The maximum atomic E-state index is 5.85. The second-order valence-electron chi connectivity index (χ2n) is 4.77. The minimum absolute atomic E-state index is 0. The molecule has 6 nitrogen and oxygen atoms in total. The summed E-state index contributed by atoms with van der Waals surface area (Å²) >= 11 is 0. The Balaban J connectivity index is 0.00000441. The Kier molecular flexibility index (Phi) is 11.9. The highest BCUT2D eigenvalue weighted by Gasteiger charge is 1.98. The van der Waals surface area contributed by atoms with Crippen LogP contribution in [0.15, 0.2) is 29.3 Å². The molecule has 0 aromatic heterocycles. The number of rotatable bonds is 9. The van der Waals surface area contributed by atoms with Crippen molar-refractivity contribution in [3.63, 3.8) is 0 Å². The van der Waals surface area contributed by atoms with E-state index in [4.69, 9.17) is 15.2 Å². The summed E-state index contributed by atoms with van der Waals surface area (Å²) < 4.78 is 10.1. The molecule has 1 aromatic carbocycles. The minimum atomic E-state index is 0. The number of nitrogens with one attached hydrogen (secondary N) is 1. The van der Waals surface area contributed by atoms with Crippen LogP contribution in [0.1, 0.15) is 6.42 Å². The highest BCUT2D eigenvalue weighted by molar-refractivity contribution is 14.0. The number of ether oxygens (including phenoxy) is 2. The van der Waals surface area contributed by atoms with E-state index in [1.807, 2.05) is 24.3 Å². The largest absolute Gasteiger partial charge is 0.497 e. The molecule has 0 amide bonds. The number of guanidine groups is 1. The molecule has 0 aliphatic carbocycles. The molecule has 0 unspecified atom stereocenters. The van der Waals surface area contributed by atoms with Gasteiger partial charge in [0.25, 0.3) is 0 Å². The van der Waals surface area contributed by atoms with Gasteiger partial charge in [-0.15, -0.1) is 24.0 Å². The van der Waals surface area contributed by atoms with Gasteiger partial charge < -0.3 is 25.4 Å². The smallest absolute Gasteiger partial charge is 0.193 e. The van der Waals surface area contributed by atoms with Gasteiger partial charge in [0.15, 0.2) is 5.96 Å². The first-order valence-corrected chi connectivity index (χ1v) is 7.04. The third-order valence-electron chi connectivity index (χ3n) is 3.02. The van der Waals surface area contributed by atoms with E-state index in [2.05, 4.69) is 22.3 Å². The number of nitrogens with zero attached hydrogens (tertiary/aromatic N) is 2. The number of methoxy groups -OCH3 is 2. The summed E-state index contributed by atoms with van der Waals surface area (Å²) in [5.74, 6) is 1.25. The number of hydrogen-bond donors (Lipinski definition) is 2. The molecular formula is C15H27IN4O2. The summed E-state index contributed by atoms with van der Waals surface area (Å²) in [6.07, 6.45) is 0.963. The molecule has 0 spiro atoms. The molecule has 0 bridgehead atoms. The Bertz CT molecular complexity index is 426. The second kappa shape index (κ2) is 12.5. The lowest BCUT2D eigenvalue weighted by Crippen LogP contribution is -2.25. The van der Waals surface area contributed by atoms with Gasteiger partial charge in [-0.1, -0.05) is 0 Å². The Morgan fingerprint density at radius 2 is 1.91 bits per heavy atom. The number of nitrogens with two attached hydrogens (primary N) is 1. The monoisotopic (exact) mass is 422 g/mol. The highest BCUT2D eigenvalue weighted by atomic mass is 127. The molecule has 126 valence electrons. The normalized spacial score (nSPS) is 11.2. The molecule has 1 aromatic rings. The molecular weight excluding hydrogens is 395 g/mol. The van der Waals surface area contributed by atoms with E-state index in [1.54, 1.807) is 14.2 Å². The molecule has 0 aliphatic heterocycles. The summed E-state index contributed by atoms with van der Waals surface area (Å²) in [4.78, 5) is 6.52. The zero-order chi connectivity index (χ0) is 15.5. The Morgan fingerprint density at radius 1 is 1.23 bits per heavy atom. The van der Waals surface area contributed by atoms with Gasteiger partial charge >= 0.3 is 0 Å². The average molecular weight is 422 g/mol. The van der Waals surface area contributed by atoms with E-state index in [1.165, 1.54) is 0 Å². The van der Waals surface area contributed by atoms with Crippen molar-refractivity contribution in [3.8, 4) is 5.75 Å². The standard InChI is InChI=1S/C15H26N4O2.HI/c1-19(11-12-20-2)10-4-9-17-15(16)18-13-5-7-14(21-3)8-6-13;/h5-8H,4,9-12H2,1-3H3,(H3,16,17,18);1H. The van der Waals surface area contributed by atoms with Gasteiger partial charge in [-0.2, -0.15) is 0 Å². The van der Waals surface area contributed by atoms with Crippen molar-refractivity contribution < 1.29 is 9.47 Å². The predicted molar refractivity (Wildman–Crippen MR) is 103 cm³/mol. The zero-order valence-electron chi connectivity index (χ0n) is 13.5. The molecule has 7 heteroatoms. The second-order valence-corrected chi connectivity index (χ2v) is 4.77. The number of anilines is 1. The minimum Gasteiger partial charge on any atom is -0.497 e. The van der Waals surface area contributed by atoms with Crippen LogP contribution in [-0.2, 0) is 4.74 Å². The third kappa shape index (κ3) is 9.06. The molecule has 0 saturated carbocycles. The van der Waals surface area contributed by atoms with Crippen LogP contribution in [0.25, 0.3) is 0 Å². The lowest BCUT2D eigenvalue weighted by atomic mass is 10.3. The molecule has 0 aliphatic rings. The molecule has 1 rings (SSSR count). The number of benzene rings is 1. The molecule has 3 N–H and O–H groups in total. The molecule has 22 heavy (non-hydrogen) atoms. The van der Waals surface area contributed by atoms with Crippen molar-refractivity contribution in [1.82, 2.24) is 4.90 Å². The van der Waals surface area contributed by atoms with E-state index in [0.717, 1.165) is 37.6 Å². The van der Waals surface area contributed by atoms with Gasteiger partial charge in [0.2, 0.25) is 0 Å². The molecule has 0 heterocycles. The van der Waals surface area contributed by atoms with E-state index < -0.39 is 0 Å². The van der Waals surface area contributed by atoms with Crippen LogP contribution in [0.2, 0.25) is 0 Å². The maximum absolute atomic E-state index is 5.85. The first-order valence-electron chi connectivity index (χ1n) is 7.04. The van der Waals surface area contributed by atoms with Crippen LogP contribution < -0.4 is 15.8 Å². The first-order chi connectivity index (χ1) is 10.2. The topological polar surface area (TPSA) is 72.1 Å². The van der Waals surface area contributed by atoms with Crippen LogP contribution in [0.3, 0.4) is 0 Å². The van der Waals surface area contributed by atoms with Gasteiger partial charge in [-0.05, 0) is 44.3 Å². The van der Waals surface area contributed by atoms with Gasteiger partial charge in [0.05, 0.1) is 13.7 Å². The fraction of sp³-hybridized carbons (Fsp3) is 0.533. The number of halogens is 1. The molecule has 0 saturated heterocycles. The molecule has 0 fully saturated rings. The fourth-order valence-corrected chi connectivity index (χ4v) is 1.76. The maximum Gasteiger partial charge on any atom is 0.193 e. The Morgan fingerprint density at radius 3 is 2.50 bits per heavy atom. The van der Waals surface area contributed by atoms with Gasteiger partial charge in [-0.3, -0.25) is 4.99 Å². The SMILES string of the molecule is COCCN(C)CCCN=C(N)Nc1ccc(OC)cc1.I. The Hall–Kier alpha value is -1.06. The van der Waals surface area contributed by atoms with E-state index in [9.17, 15) is 0 Å². The lowest BCUT2D eigenvalue weighted by Gasteiger charge is -2.14. The summed E-state index contributed by atoms with van der Waals surface area (Å²) in [7, 11) is 5.42. The van der Waals surface area contributed by atoms with Crippen molar-refractivity contribution in [1.29, 1.82) is 0 Å². The molecule has 0 radical (unpaired) electrons. The number of aliphatic imine (C=N–C) groups is 1. The summed E-state index contributed by atoms with van der Waals surface area (Å²) in [6.45, 7) is 3.36. The highest BCUT2D eigenvalue weighted by Crippen LogP contribution is 2.14. The number of likely N-dealkylation sites (N-methyl/N-ethyl adjacent to an activating group) is 1. The quantitative estimate of drug-likeness (QED) is 0.276. The van der Waals surface area contributed by atoms with Crippen LogP contribution >= 0.6 is 24.0 Å². The van der Waals surface area contributed by atoms with Crippen molar-refractivity contribution in [2.45, 2.75) is 6.42 Å². The Labute approximate surface area is 150 Å². The van der Waals surface area contributed by atoms with Gasteiger partial charge in [0, 0.05) is 25.9 Å². The van der Waals surface area contributed by atoms with Crippen LogP contribution in [0.4, 0.5) is 5.69 Å². The van der Waals surface area contributed by atoms with Crippen LogP contribution in [0, 0.1) is 0 Å². The number of hydrogen-bond acceptors (Lipinski definition) is 4. The van der Waals surface area contributed by atoms with E-state index in [-0.39, 0.29) is 24.0 Å². The predicted octanol–water partition coefficient (Wildman–Crippen LogP) is 2.01. The van der Waals surface area contributed by atoms with Crippen molar-refractivity contribution in [2.24, 2.45) is 10.7 Å². The lowest BCUT2D eigenvalue weighted by molar-refractivity contribution is 0.161. The fourth-order valence-electron chi connectivity index (χ4n) is 1.76. The van der Waals surface area contributed by atoms with Crippen molar-refractivity contribution >= 4 is 35.6 Å². The van der Waals surface area contributed by atoms with Gasteiger partial charge in [0.1, 0.15) is 5.75 Å². The first kappa shape index (κ1) is 20.9. The average Bonchev–Trinajstić information content (AvgIpc) is 2.50. The van der Waals surface area contributed by atoms with Crippen molar-refractivity contribution in [2.75, 3.05) is 52.8 Å². The van der Waals surface area contributed by atoms with Crippen molar-refractivity contribution in [3.05, 3.63) is 24.3 Å². The van der Waals surface area contributed by atoms with E-state index >= 15 is 0 Å². The van der Waals surface area contributed by atoms with Crippen LogP contribution in [0.5, 0.6) is 5.75 Å². The van der Waals surface area contributed by atoms with Gasteiger partial charge in [-0.25, -0.2) is 0 Å². The third-order valence-corrected chi connectivity index (χ3v) is 3.02. The molecule has 0 atom stereocenters.